The largest absolute Gasteiger partial charge is 0.478 e. The topological polar surface area (TPSA) is 60.5 Å². The Bertz CT molecular complexity index is 459. The minimum Gasteiger partial charge on any atom is -0.478 e. The van der Waals surface area contributed by atoms with Gasteiger partial charge >= 0.3 is 0 Å². The van der Waals surface area contributed by atoms with Gasteiger partial charge in [-0.1, -0.05) is 27.2 Å². The molecule has 0 saturated heterocycles. The zero-order chi connectivity index (χ0) is 16.6. The van der Waals surface area contributed by atoms with Crippen molar-refractivity contribution in [3.8, 4) is 5.88 Å². The number of pyridine rings is 1. The van der Waals surface area contributed by atoms with Gasteiger partial charge in [0.05, 0.1) is 18.5 Å². The third-order valence-electron chi connectivity index (χ3n) is 3.47. The first-order chi connectivity index (χ1) is 10.4. The Morgan fingerprint density at radius 3 is 2.64 bits per heavy atom. The molecular formula is C17H28N2O3. The molecule has 0 saturated carbocycles. The summed E-state index contributed by atoms with van der Waals surface area (Å²) in [6.45, 7) is 8.70. The van der Waals surface area contributed by atoms with E-state index in [1.807, 2.05) is 0 Å². The second kappa shape index (κ2) is 8.73. The summed E-state index contributed by atoms with van der Waals surface area (Å²) in [5, 5.41) is 2.85. The predicted molar refractivity (Wildman–Crippen MR) is 88.1 cm³/mol. The number of nitrogens with zero attached hydrogens (tertiary/aromatic N) is 1. The molecule has 1 atom stereocenters. The van der Waals surface area contributed by atoms with Crippen LogP contribution in [-0.2, 0) is 9.53 Å². The molecule has 1 rings (SSSR count). The van der Waals surface area contributed by atoms with E-state index in [2.05, 4.69) is 31.1 Å². The highest BCUT2D eigenvalue weighted by molar-refractivity contribution is 5.96. The highest BCUT2D eigenvalue weighted by Crippen LogP contribution is 2.22. The second-order valence-electron chi connectivity index (χ2n) is 6.07. The molecule has 0 aliphatic rings. The van der Waals surface area contributed by atoms with Crippen molar-refractivity contribution in [3.05, 3.63) is 18.3 Å². The molecule has 0 radical (unpaired) electrons. The van der Waals surface area contributed by atoms with E-state index in [1.165, 1.54) is 0 Å². The first-order valence-corrected chi connectivity index (χ1v) is 7.86. The van der Waals surface area contributed by atoms with E-state index < -0.39 is 5.60 Å². The van der Waals surface area contributed by atoms with Crippen molar-refractivity contribution >= 4 is 11.6 Å². The van der Waals surface area contributed by atoms with Crippen molar-refractivity contribution in [3.63, 3.8) is 0 Å². The fraction of sp³-hybridized carbons (Fsp3) is 0.647. The van der Waals surface area contributed by atoms with E-state index in [-0.39, 0.29) is 5.91 Å². The maximum atomic E-state index is 12.4. The van der Waals surface area contributed by atoms with Gasteiger partial charge < -0.3 is 14.8 Å². The summed E-state index contributed by atoms with van der Waals surface area (Å²) in [5.74, 6) is 0.774. The van der Waals surface area contributed by atoms with Crippen LogP contribution in [0.3, 0.4) is 0 Å². The van der Waals surface area contributed by atoms with Gasteiger partial charge in [0.15, 0.2) is 0 Å². The number of aromatic nitrogens is 1. The molecule has 1 aromatic rings. The lowest BCUT2D eigenvalue weighted by Gasteiger charge is -2.28. The third kappa shape index (κ3) is 5.64. The normalized spacial score (nSPS) is 13.7. The Morgan fingerprint density at radius 2 is 2.14 bits per heavy atom. The lowest BCUT2D eigenvalue weighted by molar-refractivity contribution is -0.137. The molecule has 1 N–H and O–H groups in total. The van der Waals surface area contributed by atoms with Crippen LogP contribution in [0.15, 0.2) is 18.3 Å². The molecule has 1 aromatic heterocycles. The summed E-state index contributed by atoms with van der Waals surface area (Å²) in [7, 11) is 1.56. The third-order valence-corrected chi connectivity index (χ3v) is 3.47. The number of hydrogen-bond acceptors (Lipinski definition) is 4. The van der Waals surface area contributed by atoms with Gasteiger partial charge in [-0.25, -0.2) is 4.98 Å². The molecule has 5 heteroatoms. The van der Waals surface area contributed by atoms with E-state index in [0.717, 1.165) is 12.8 Å². The molecule has 22 heavy (non-hydrogen) atoms. The summed E-state index contributed by atoms with van der Waals surface area (Å²) in [6.07, 6.45) is 4.34. The summed E-state index contributed by atoms with van der Waals surface area (Å²) in [6, 6.07) is 3.55. The van der Waals surface area contributed by atoms with Crippen LogP contribution in [0.4, 0.5) is 5.69 Å². The molecule has 0 aliphatic carbocycles. The number of amides is 1. The molecule has 5 nitrogen and oxygen atoms in total. The predicted octanol–water partition coefficient (Wildman–Crippen LogP) is 3.65. The van der Waals surface area contributed by atoms with E-state index in [0.29, 0.717) is 30.5 Å². The number of unbranched alkanes of at least 4 members (excludes halogenated alkanes) is 1. The van der Waals surface area contributed by atoms with Gasteiger partial charge in [-0.05, 0) is 31.7 Å². The van der Waals surface area contributed by atoms with Crippen molar-refractivity contribution in [2.45, 2.75) is 52.6 Å². The molecule has 0 spiro atoms. The molecule has 1 unspecified atom stereocenters. The van der Waals surface area contributed by atoms with Gasteiger partial charge in [0.25, 0.3) is 5.91 Å². The first-order valence-electron chi connectivity index (χ1n) is 7.86. The van der Waals surface area contributed by atoms with Gasteiger partial charge in [-0.3, -0.25) is 4.79 Å². The Balaban J connectivity index is 2.63. The average Bonchev–Trinajstić information content (AvgIpc) is 2.48. The van der Waals surface area contributed by atoms with E-state index in [1.54, 1.807) is 32.4 Å². The quantitative estimate of drug-likeness (QED) is 0.707. The first kappa shape index (κ1) is 18.4. The number of methoxy groups -OCH3 is 1. The Kier molecular flexibility index (Phi) is 7.32. The molecule has 1 amide bonds. The Morgan fingerprint density at radius 1 is 1.41 bits per heavy atom. The summed E-state index contributed by atoms with van der Waals surface area (Å²) >= 11 is 0. The summed E-state index contributed by atoms with van der Waals surface area (Å²) in [5.41, 5.74) is -0.204. The fourth-order valence-electron chi connectivity index (χ4n) is 2.17. The number of carbonyl (C=O) groups is 1. The molecule has 0 aromatic carbocycles. The number of carbonyl (C=O) groups excluding carboxylic acids is 1. The minimum atomic E-state index is -0.843. The smallest absolute Gasteiger partial charge is 0.256 e. The molecule has 0 bridgehead atoms. The van der Waals surface area contributed by atoms with Gasteiger partial charge in [-0.2, -0.15) is 0 Å². The van der Waals surface area contributed by atoms with E-state index in [4.69, 9.17) is 9.47 Å². The van der Waals surface area contributed by atoms with Crippen molar-refractivity contribution in [1.29, 1.82) is 0 Å². The number of nitrogens with one attached hydrogen (secondary N) is 1. The lowest BCUT2D eigenvalue weighted by atomic mass is 9.93. The minimum absolute atomic E-state index is 0.162. The maximum absolute atomic E-state index is 12.4. The molecule has 0 fully saturated rings. The SMILES string of the molecule is CCCCOc1ccc(NC(=O)C(C)(CC(C)C)OC)cn1. The fourth-order valence-corrected chi connectivity index (χ4v) is 2.17. The summed E-state index contributed by atoms with van der Waals surface area (Å²) in [4.78, 5) is 16.6. The Labute approximate surface area is 133 Å². The molecule has 0 aliphatic heterocycles. The highest BCUT2D eigenvalue weighted by atomic mass is 16.5. The lowest BCUT2D eigenvalue weighted by Crippen LogP contribution is -2.43. The van der Waals surface area contributed by atoms with Crippen molar-refractivity contribution in [1.82, 2.24) is 4.98 Å². The van der Waals surface area contributed by atoms with Crippen LogP contribution >= 0.6 is 0 Å². The zero-order valence-electron chi connectivity index (χ0n) is 14.3. The van der Waals surface area contributed by atoms with E-state index >= 15 is 0 Å². The van der Waals surface area contributed by atoms with Crippen molar-refractivity contribution in [2.75, 3.05) is 19.0 Å². The molecule has 1 heterocycles. The van der Waals surface area contributed by atoms with Crippen molar-refractivity contribution < 1.29 is 14.3 Å². The van der Waals surface area contributed by atoms with E-state index in [9.17, 15) is 4.79 Å². The summed E-state index contributed by atoms with van der Waals surface area (Å²) < 4.78 is 10.9. The molecular weight excluding hydrogens is 280 g/mol. The van der Waals surface area contributed by atoms with Crippen LogP contribution in [0.5, 0.6) is 5.88 Å². The van der Waals surface area contributed by atoms with Crippen molar-refractivity contribution in [2.24, 2.45) is 5.92 Å². The van der Waals surface area contributed by atoms with Crippen LogP contribution in [0.25, 0.3) is 0 Å². The number of hydrogen-bond donors (Lipinski definition) is 1. The number of rotatable bonds is 9. The standard InChI is InChI=1S/C17H28N2O3/c1-6-7-10-22-15-9-8-14(12-18-15)19-16(20)17(4,21-5)11-13(2)3/h8-9,12-13H,6-7,10-11H2,1-5H3,(H,19,20). The average molecular weight is 308 g/mol. The monoisotopic (exact) mass is 308 g/mol. The van der Waals surface area contributed by atoms with Gasteiger partial charge in [0.1, 0.15) is 5.60 Å². The number of ether oxygens (including phenoxy) is 2. The van der Waals surface area contributed by atoms with Crippen LogP contribution in [-0.4, -0.2) is 30.2 Å². The Hall–Kier alpha value is -1.62. The zero-order valence-corrected chi connectivity index (χ0v) is 14.3. The second-order valence-corrected chi connectivity index (χ2v) is 6.07. The highest BCUT2D eigenvalue weighted by Gasteiger charge is 2.33. The van der Waals surface area contributed by atoms with Crippen LogP contribution in [0.2, 0.25) is 0 Å². The van der Waals surface area contributed by atoms with Crippen LogP contribution < -0.4 is 10.1 Å². The molecule has 124 valence electrons. The van der Waals surface area contributed by atoms with Crippen LogP contribution in [0, 0.1) is 5.92 Å². The van der Waals surface area contributed by atoms with Gasteiger partial charge in [0, 0.05) is 13.2 Å². The van der Waals surface area contributed by atoms with Crippen LogP contribution in [0.1, 0.15) is 47.0 Å². The number of anilines is 1. The van der Waals surface area contributed by atoms with Gasteiger partial charge in [-0.15, -0.1) is 0 Å². The maximum Gasteiger partial charge on any atom is 0.256 e. The van der Waals surface area contributed by atoms with Gasteiger partial charge in [0.2, 0.25) is 5.88 Å².